The molecule has 98 valence electrons. The normalized spacial score (nSPS) is 11.1. The first-order valence-electron chi connectivity index (χ1n) is 6.00. The first-order valence-corrected chi connectivity index (χ1v) is 6.88. The molecule has 0 aliphatic heterocycles. The van der Waals surface area contributed by atoms with Crippen LogP contribution in [0.5, 0.6) is 0 Å². The lowest BCUT2D eigenvalue weighted by Crippen LogP contribution is -2.02. The van der Waals surface area contributed by atoms with Crippen molar-refractivity contribution in [2.75, 3.05) is 5.32 Å². The molecule has 3 rings (SSSR count). The van der Waals surface area contributed by atoms with Crippen molar-refractivity contribution in [1.82, 2.24) is 15.0 Å². The van der Waals surface area contributed by atoms with Crippen LogP contribution in [0.3, 0.4) is 0 Å². The van der Waals surface area contributed by atoms with Crippen LogP contribution >= 0.6 is 11.3 Å². The number of anilines is 1. The quantitative estimate of drug-likeness (QED) is 0.794. The zero-order valence-electron chi connectivity index (χ0n) is 11.0. The predicted molar refractivity (Wildman–Crippen MR) is 75.5 cm³/mol. The predicted octanol–water partition coefficient (Wildman–Crippen LogP) is 3.22. The fourth-order valence-corrected chi connectivity index (χ4v) is 2.84. The third-order valence-corrected chi connectivity index (χ3v) is 4.10. The van der Waals surface area contributed by atoms with Gasteiger partial charge in [-0.05, 0) is 31.7 Å². The van der Waals surface area contributed by atoms with Gasteiger partial charge in [0.15, 0.2) is 0 Å². The van der Waals surface area contributed by atoms with Crippen molar-refractivity contribution in [3.63, 3.8) is 0 Å². The molecule has 3 heterocycles. The summed E-state index contributed by atoms with van der Waals surface area (Å²) in [6.07, 6.45) is 1.58. The second-order valence-electron chi connectivity index (χ2n) is 4.42. The lowest BCUT2D eigenvalue weighted by atomic mass is 10.3. The fourth-order valence-electron chi connectivity index (χ4n) is 1.87. The monoisotopic (exact) mass is 274 g/mol. The number of rotatable bonds is 3. The molecule has 0 spiro atoms. The molecule has 0 aliphatic carbocycles. The number of oxazole rings is 1. The fraction of sp³-hybridized carbons (Fsp3) is 0.308. The molecule has 0 radical (unpaired) electrons. The molecule has 0 fully saturated rings. The van der Waals surface area contributed by atoms with Gasteiger partial charge in [-0.3, -0.25) is 0 Å². The van der Waals surface area contributed by atoms with Gasteiger partial charge in [-0.1, -0.05) is 0 Å². The van der Waals surface area contributed by atoms with E-state index in [1.807, 2.05) is 13.8 Å². The van der Waals surface area contributed by atoms with Crippen LogP contribution in [0.15, 0.2) is 16.1 Å². The van der Waals surface area contributed by atoms with Gasteiger partial charge in [0.05, 0.1) is 22.5 Å². The standard InChI is InChI=1S/C13H14N4OS/c1-7-5-19-12-11(7)15-6-16-13(12)14-4-10-17-8(2)9(3)18-10/h5-6H,4H2,1-3H3,(H,14,15,16). The molecule has 5 nitrogen and oxygen atoms in total. The van der Waals surface area contributed by atoms with Crippen LogP contribution in [0, 0.1) is 20.8 Å². The maximum atomic E-state index is 5.54. The molecule has 19 heavy (non-hydrogen) atoms. The highest BCUT2D eigenvalue weighted by Gasteiger charge is 2.10. The van der Waals surface area contributed by atoms with Crippen molar-refractivity contribution in [3.05, 3.63) is 34.6 Å². The van der Waals surface area contributed by atoms with Gasteiger partial charge in [-0.2, -0.15) is 0 Å². The van der Waals surface area contributed by atoms with E-state index >= 15 is 0 Å². The maximum absolute atomic E-state index is 5.54. The number of aryl methyl sites for hydroxylation is 3. The number of hydrogen-bond acceptors (Lipinski definition) is 6. The minimum Gasteiger partial charge on any atom is -0.444 e. The molecule has 0 saturated carbocycles. The van der Waals surface area contributed by atoms with Crippen molar-refractivity contribution in [2.45, 2.75) is 27.3 Å². The average molecular weight is 274 g/mol. The van der Waals surface area contributed by atoms with Gasteiger partial charge in [-0.15, -0.1) is 11.3 Å². The molecule has 0 saturated heterocycles. The molecule has 0 amide bonds. The number of nitrogens with one attached hydrogen (secondary N) is 1. The third-order valence-electron chi connectivity index (χ3n) is 3.01. The second kappa shape index (κ2) is 4.62. The summed E-state index contributed by atoms with van der Waals surface area (Å²) in [5.74, 6) is 2.36. The number of thiophene rings is 1. The molecule has 0 atom stereocenters. The number of fused-ring (bicyclic) bond motifs is 1. The maximum Gasteiger partial charge on any atom is 0.213 e. The second-order valence-corrected chi connectivity index (χ2v) is 5.30. The topological polar surface area (TPSA) is 63.8 Å². The van der Waals surface area contributed by atoms with Gasteiger partial charge >= 0.3 is 0 Å². The van der Waals surface area contributed by atoms with Crippen molar-refractivity contribution >= 4 is 27.4 Å². The van der Waals surface area contributed by atoms with Crippen molar-refractivity contribution in [2.24, 2.45) is 0 Å². The smallest absolute Gasteiger partial charge is 0.213 e. The van der Waals surface area contributed by atoms with Crippen LogP contribution in [0.25, 0.3) is 10.2 Å². The van der Waals surface area contributed by atoms with E-state index < -0.39 is 0 Å². The van der Waals surface area contributed by atoms with E-state index in [2.05, 4.69) is 32.6 Å². The number of hydrogen-bond donors (Lipinski definition) is 1. The summed E-state index contributed by atoms with van der Waals surface area (Å²) < 4.78 is 6.61. The molecule has 1 N–H and O–H groups in total. The van der Waals surface area contributed by atoms with E-state index in [4.69, 9.17) is 4.42 Å². The van der Waals surface area contributed by atoms with Crippen LogP contribution < -0.4 is 5.32 Å². The Bertz CT molecular complexity index is 712. The van der Waals surface area contributed by atoms with Crippen LogP contribution in [-0.4, -0.2) is 15.0 Å². The van der Waals surface area contributed by atoms with Crippen LogP contribution in [0.2, 0.25) is 0 Å². The largest absolute Gasteiger partial charge is 0.444 e. The minimum atomic E-state index is 0.526. The number of nitrogens with zero attached hydrogens (tertiary/aromatic N) is 3. The lowest BCUT2D eigenvalue weighted by Gasteiger charge is -2.03. The van der Waals surface area contributed by atoms with E-state index in [-0.39, 0.29) is 0 Å². The Hall–Kier alpha value is -1.95. The summed E-state index contributed by atoms with van der Waals surface area (Å²) in [5, 5.41) is 5.35. The summed E-state index contributed by atoms with van der Waals surface area (Å²) in [4.78, 5) is 12.9. The first-order chi connectivity index (χ1) is 9.15. The molecule has 0 aliphatic rings. The van der Waals surface area contributed by atoms with Crippen LogP contribution in [-0.2, 0) is 6.54 Å². The van der Waals surface area contributed by atoms with Gasteiger partial charge in [0, 0.05) is 0 Å². The molecule has 3 aromatic heterocycles. The highest BCUT2D eigenvalue weighted by Crippen LogP contribution is 2.28. The molecule has 3 aromatic rings. The SMILES string of the molecule is Cc1nc(CNc2ncnc3c(C)csc23)oc1C. The van der Waals surface area contributed by atoms with Gasteiger partial charge in [0.2, 0.25) is 5.89 Å². The van der Waals surface area contributed by atoms with Gasteiger partial charge in [0.1, 0.15) is 17.9 Å². The summed E-state index contributed by atoms with van der Waals surface area (Å²) in [7, 11) is 0. The first kappa shape index (κ1) is 12.1. The summed E-state index contributed by atoms with van der Waals surface area (Å²) in [6.45, 7) is 6.43. The van der Waals surface area contributed by atoms with Gasteiger partial charge < -0.3 is 9.73 Å². The molecule has 0 bridgehead atoms. The van der Waals surface area contributed by atoms with E-state index in [1.165, 1.54) is 5.56 Å². The van der Waals surface area contributed by atoms with Crippen molar-refractivity contribution in [3.8, 4) is 0 Å². The molecule has 6 heteroatoms. The summed E-state index contributed by atoms with van der Waals surface area (Å²) in [5.41, 5.74) is 3.10. The van der Waals surface area contributed by atoms with E-state index in [9.17, 15) is 0 Å². The Kier molecular flexibility index (Phi) is 2.94. The Morgan fingerprint density at radius 3 is 2.84 bits per heavy atom. The van der Waals surface area contributed by atoms with E-state index in [0.717, 1.165) is 27.5 Å². The van der Waals surface area contributed by atoms with Crippen LogP contribution in [0.1, 0.15) is 22.9 Å². The Balaban J connectivity index is 1.85. The van der Waals surface area contributed by atoms with E-state index in [1.54, 1.807) is 17.7 Å². The average Bonchev–Trinajstić information content (AvgIpc) is 2.92. The van der Waals surface area contributed by atoms with Crippen molar-refractivity contribution < 1.29 is 4.42 Å². The minimum absolute atomic E-state index is 0.526. The highest BCUT2D eigenvalue weighted by atomic mass is 32.1. The summed E-state index contributed by atoms with van der Waals surface area (Å²) >= 11 is 1.65. The molecular formula is C13H14N4OS. The van der Waals surface area contributed by atoms with Crippen molar-refractivity contribution in [1.29, 1.82) is 0 Å². The Morgan fingerprint density at radius 2 is 2.11 bits per heavy atom. The van der Waals surface area contributed by atoms with E-state index in [0.29, 0.717) is 12.4 Å². The van der Waals surface area contributed by atoms with Crippen LogP contribution in [0.4, 0.5) is 5.82 Å². The zero-order chi connectivity index (χ0) is 13.4. The van der Waals surface area contributed by atoms with Gasteiger partial charge in [0.25, 0.3) is 0 Å². The lowest BCUT2D eigenvalue weighted by molar-refractivity contribution is 0.478. The molecule has 0 unspecified atom stereocenters. The van der Waals surface area contributed by atoms with Gasteiger partial charge in [-0.25, -0.2) is 15.0 Å². The highest BCUT2D eigenvalue weighted by molar-refractivity contribution is 7.18. The third kappa shape index (κ3) is 2.19. The number of aromatic nitrogens is 3. The Morgan fingerprint density at radius 1 is 1.26 bits per heavy atom. The Labute approximate surface area is 114 Å². The summed E-state index contributed by atoms with van der Waals surface area (Å²) in [6, 6.07) is 0. The zero-order valence-corrected chi connectivity index (χ0v) is 11.8. The molecule has 0 aromatic carbocycles. The molecular weight excluding hydrogens is 260 g/mol.